The first-order valence-electron chi connectivity index (χ1n) is 15.7. The first-order chi connectivity index (χ1) is 17.0. The lowest BCUT2D eigenvalue weighted by Gasteiger charge is -2.55. The molecular weight excluding hydrogens is 541 g/mol. The van der Waals surface area contributed by atoms with Crippen LogP contribution in [0, 0.1) is 0 Å². The van der Waals surface area contributed by atoms with E-state index in [0.29, 0.717) is 0 Å². The molecule has 1 fully saturated rings. The van der Waals surface area contributed by atoms with Gasteiger partial charge in [0.25, 0.3) is 0 Å². The molecule has 12 heteroatoms. The van der Waals surface area contributed by atoms with Crippen molar-refractivity contribution >= 4 is 50.4 Å². The molecule has 0 aliphatic carbocycles. The zero-order valence-corrected chi connectivity index (χ0v) is 32.5. The minimum absolute atomic E-state index is 1.26. The van der Waals surface area contributed by atoms with Gasteiger partial charge in [-0.25, -0.2) is 0 Å². The van der Waals surface area contributed by atoms with Gasteiger partial charge in [-0.2, -0.15) is 0 Å². The molecule has 1 aliphatic rings. The largest absolute Gasteiger partial charge is 0.336 e. The first-order valence-corrected chi connectivity index (χ1v) is 30.2. The smallest absolute Gasteiger partial charge is 0.189 e. The van der Waals surface area contributed by atoms with E-state index in [-0.39, 0.29) is 0 Å². The molecule has 1 rings (SSSR count). The van der Waals surface area contributed by atoms with Crippen molar-refractivity contribution in [1.29, 1.82) is 0 Å². The maximum Gasteiger partial charge on any atom is 0.189 e. The standard InChI is InChI=1S/C24H66N6Si6/c1-13-31(14-2)25-32(15-3,16-4)27-34(19-7,20-8)29-36(23-11,24-12)30-35(21-9,22-10)28-33(17-5,18-6)26-31/h25-30H,13-24H2,1-12H3. The summed E-state index contributed by atoms with van der Waals surface area (Å²) in [5.41, 5.74) is 0. The molecule has 216 valence electrons. The first kappa shape index (κ1) is 35.1. The Labute approximate surface area is 233 Å². The van der Waals surface area contributed by atoms with E-state index in [1.807, 2.05) is 0 Å². The molecule has 0 aromatic heterocycles. The van der Waals surface area contributed by atoms with Crippen molar-refractivity contribution in [2.24, 2.45) is 0 Å². The summed E-state index contributed by atoms with van der Waals surface area (Å²) in [5.74, 6) is 0. The maximum absolute atomic E-state index is 4.63. The summed E-state index contributed by atoms with van der Waals surface area (Å²) in [7, 11) is -11.3. The van der Waals surface area contributed by atoms with Crippen LogP contribution in [-0.2, 0) is 0 Å². The van der Waals surface area contributed by atoms with Gasteiger partial charge in [0, 0.05) is 0 Å². The van der Waals surface area contributed by atoms with Crippen molar-refractivity contribution in [3.63, 3.8) is 0 Å². The average Bonchev–Trinajstić information content (AvgIpc) is 2.94. The lowest BCUT2D eigenvalue weighted by Crippen LogP contribution is -2.91. The molecule has 36 heavy (non-hydrogen) atoms. The summed E-state index contributed by atoms with van der Waals surface area (Å²) in [6.45, 7) is 29.6. The van der Waals surface area contributed by atoms with Gasteiger partial charge in [-0.1, -0.05) is 83.1 Å². The van der Waals surface area contributed by atoms with Gasteiger partial charge in [0.05, 0.1) is 0 Å². The molecule has 0 spiro atoms. The summed E-state index contributed by atoms with van der Waals surface area (Å²) >= 11 is 0. The Bertz CT molecular complexity index is 467. The fraction of sp³-hybridized carbons (Fsp3) is 1.00. The second-order valence-corrected chi connectivity index (χ2v) is 39.0. The van der Waals surface area contributed by atoms with Crippen LogP contribution < -0.4 is 27.9 Å². The molecule has 0 aromatic carbocycles. The molecule has 0 saturated carbocycles. The fourth-order valence-electron chi connectivity index (χ4n) is 6.56. The number of hydrogen-bond donors (Lipinski definition) is 6. The van der Waals surface area contributed by atoms with Crippen molar-refractivity contribution < 1.29 is 0 Å². The van der Waals surface area contributed by atoms with Gasteiger partial charge in [-0.05, 0) is 72.5 Å². The summed E-state index contributed by atoms with van der Waals surface area (Å²) in [4.78, 5) is 0. The number of rotatable bonds is 12. The van der Waals surface area contributed by atoms with E-state index in [9.17, 15) is 0 Å². The third kappa shape index (κ3) is 7.62. The Kier molecular flexibility index (Phi) is 14.3. The van der Waals surface area contributed by atoms with E-state index in [4.69, 9.17) is 0 Å². The highest BCUT2D eigenvalue weighted by Gasteiger charge is 2.54. The fourth-order valence-corrected chi connectivity index (χ4v) is 53.4. The summed E-state index contributed by atoms with van der Waals surface area (Å²) in [5, 5.41) is 0. The third-order valence-corrected chi connectivity index (χ3v) is 47.6. The summed E-state index contributed by atoms with van der Waals surface area (Å²) in [6, 6.07) is 15.2. The second kappa shape index (κ2) is 14.6. The van der Waals surface area contributed by atoms with Crippen LogP contribution in [0.4, 0.5) is 0 Å². The topological polar surface area (TPSA) is 72.2 Å². The molecule has 0 unspecified atom stereocenters. The maximum atomic E-state index is 4.63. The minimum Gasteiger partial charge on any atom is -0.336 e. The summed E-state index contributed by atoms with van der Waals surface area (Å²) in [6.07, 6.45) is 0. The highest BCUT2D eigenvalue weighted by atomic mass is 28.5. The SMILES string of the molecule is CC[Si]1(CC)N[Si](CC)(CC)N[Si](CC)(CC)N[Si](CC)(CC)N[Si](CC)(CC)N[Si](CC)(CC)N1. The van der Waals surface area contributed by atoms with Crippen LogP contribution in [0.5, 0.6) is 0 Å². The van der Waals surface area contributed by atoms with E-state index in [2.05, 4.69) is 111 Å². The van der Waals surface area contributed by atoms with Gasteiger partial charge >= 0.3 is 0 Å². The van der Waals surface area contributed by atoms with Crippen LogP contribution in [0.25, 0.3) is 0 Å². The molecule has 0 radical (unpaired) electrons. The van der Waals surface area contributed by atoms with Gasteiger partial charge in [0.1, 0.15) is 0 Å². The molecule has 0 amide bonds. The van der Waals surface area contributed by atoms with Gasteiger partial charge in [0.2, 0.25) is 0 Å². The Hall–Kier alpha value is 1.06. The Morgan fingerprint density at radius 2 is 0.306 bits per heavy atom. The van der Waals surface area contributed by atoms with Crippen molar-refractivity contribution in [1.82, 2.24) is 27.9 Å². The van der Waals surface area contributed by atoms with E-state index < -0.39 is 50.4 Å². The van der Waals surface area contributed by atoms with Crippen LogP contribution in [0.1, 0.15) is 83.1 Å². The van der Waals surface area contributed by atoms with E-state index in [0.717, 1.165) is 0 Å². The van der Waals surface area contributed by atoms with Crippen LogP contribution in [-0.4, -0.2) is 50.4 Å². The zero-order chi connectivity index (χ0) is 27.7. The number of hydrogen-bond acceptors (Lipinski definition) is 6. The highest BCUT2D eigenvalue weighted by Crippen LogP contribution is 2.28. The monoisotopic (exact) mass is 606 g/mol. The Morgan fingerprint density at radius 1 is 0.222 bits per heavy atom. The molecule has 1 saturated heterocycles. The Balaban J connectivity index is 3.98. The summed E-state index contributed by atoms with van der Waals surface area (Å²) < 4.78 is 27.8. The predicted molar refractivity (Wildman–Crippen MR) is 179 cm³/mol. The van der Waals surface area contributed by atoms with Gasteiger partial charge in [0.15, 0.2) is 50.4 Å². The van der Waals surface area contributed by atoms with E-state index in [1.165, 1.54) is 72.5 Å². The lowest BCUT2D eigenvalue weighted by atomic mass is 10.9. The molecule has 0 aromatic rings. The third-order valence-electron chi connectivity index (χ3n) is 10.1. The molecule has 1 aliphatic heterocycles. The zero-order valence-electron chi connectivity index (χ0n) is 26.5. The second-order valence-electron chi connectivity index (χ2n) is 11.5. The van der Waals surface area contributed by atoms with Crippen LogP contribution >= 0.6 is 0 Å². The van der Waals surface area contributed by atoms with E-state index >= 15 is 0 Å². The van der Waals surface area contributed by atoms with Crippen molar-refractivity contribution in [2.75, 3.05) is 0 Å². The van der Waals surface area contributed by atoms with Crippen LogP contribution in [0.15, 0.2) is 0 Å². The quantitative estimate of drug-likeness (QED) is 0.144. The van der Waals surface area contributed by atoms with Crippen molar-refractivity contribution in [3.05, 3.63) is 0 Å². The highest BCUT2D eigenvalue weighted by molar-refractivity contribution is 7.07. The van der Waals surface area contributed by atoms with Crippen molar-refractivity contribution in [2.45, 2.75) is 156 Å². The Morgan fingerprint density at radius 3 is 0.361 bits per heavy atom. The normalized spacial score (nSPS) is 25.0. The molecule has 6 N–H and O–H groups in total. The molecular formula is C24H66N6Si6. The van der Waals surface area contributed by atoms with Crippen LogP contribution in [0.3, 0.4) is 0 Å². The lowest BCUT2D eigenvalue weighted by molar-refractivity contribution is 0.903. The predicted octanol–water partition coefficient (Wildman–Crippen LogP) is 6.43. The minimum atomic E-state index is -1.89. The molecule has 6 nitrogen and oxygen atoms in total. The van der Waals surface area contributed by atoms with Gasteiger partial charge in [-0.3, -0.25) is 0 Å². The average molecular weight is 607 g/mol. The van der Waals surface area contributed by atoms with Crippen molar-refractivity contribution in [3.8, 4) is 0 Å². The molecule has 1 heterocycles. The molecule has 0 bridgehead atoms. The van der Waals surface area contributed by atoms with Gasteiger partial charge < -0.3 is 27.9 Å². The molecule has 0 atom stereocenters. The number of nitrogens with one attached hydrogen (secondary N) is 6. The van der Waals surface area contributed by atoms with Gasteiger partial charge in [-0.15, -0.1) is 0 Å². The van der Waals surface area contributed by atoms with E-state index in [1.54, 1.807) is 0 Å². The van der Waals surface area contributed by atoms with Crippen LogP contribution in [0.2, 0.25) is 72.5 Å².